The number of rotatable bonds is 3. The van der Waals surface area contributed by atoms with Crippen LogP contribution >= 0.6 is 0 Å². The fraction of sp³-hybridized carbons (Fsp3) is 0.750. The highest BCUT2D eigenvalue weighted by Crippen LogP contribution is 2.12. The number of esters is 1. The van der Waals surface area contributed by atoms with E-state index < -0.39 is 11.6 Å². The van der Waals surface area contributed by atoms with Gasteiger partial charge >= 0.3 is 11.7 Å². The second-order valence-electron chi connectivity index (χ2n) is 5.08. The molecule has 1 aromatic rings. The molecular formula is C12H19N3O4. The van der Waals surface area contributed by atoms with Gasteiger partial charge in [0.05, 0.1) is 13.7 Å². The van der Waals surface area contributed by atoms with Gasteiger partial charge in [0.2, 0.25) is 0 Å². The normalized spacial score (nSPS) is 18.3. The Bertz CT molecular complexity index is 530. The number of ether oxygens (including phenoxy) is 1. The van der Waals surface area contributed by atoms with Gasteiger partial charge in [-0.05, 0) is 19.8 Å². The number of hydrogen-bond acceptors (Lipinski definition) is 5. The third-order valence-electron chi connectivity index (χ3n) is 3.36. The minimum absolute atomic E-state index is 0.196. The lowest BCUT2D eigenvalue weighted by molar-refractivity contribution is -0.162. The molecule has 0 amide bonds. The van der Waals surface area contributed by atoms with Crippen molar-refractivity contribution in [1.82, 2.24) is 14.3 Å². The van der Waals surface area contributed by atoms with E-state index in [4.69, 9.17) is 0 Å². The van der Waals surface area contributed by atoms with Crippen molar-refractivity contribution in [1.29, 1.82) is 0 Å². The number of carbonyl (C=O) groups excluding carboxylic acids is 1. The van der Waals surface area contributed by atoms with E-state index in [0.717, 1.165) is 36.2 Å². The molecule has 0 saturated carbocycles. The molecule has 1 aliphatic rings. The van der Waals surface area contributed by atoms with Crippen LogP contribution in [0.4, 0.5) is 0 Å². The van der Waals surface area contributed by atoms with Crippen molar-refractivity contribution in [2.45, 2.75) is 51.3 Å². The van der Waals surface area contributed by atoms with E-state index in [-0.39, 0.29) is 12.2 Å². The molecule has 0 aliphatic carbocycles. The second-order valence-corrected chi connectivity index (χ2v) is 5.08. The van der Waals surface area contributed by atoms with E-state index in [2.05, 4.69) is 9.84 Å². The summed E-state index contributed by atoms with van der Waals surface area (Å²) in [5.41, 5.74) is -2.03. The molecule has 1 N–H and O–H groups in total. The molecule has 0 fully saturated rings. The first-order chi connectivity index (χ1) is 8.95. The lowest BCUT2D eigenvalue weighted by atomic mass is 10.1. The summed E-state index contributed by atoms with van der Waals surface area (Å²) in [4.78, 5) is 23.6. The van der Waals surface area contributed by atoms with Crippen molar-refractivity contribution in [2.24, 2.45) is 0 Å². The molecule has 2 rings (SSSR count). The number of aryl methyl sites for hydroxylation is 1. The number of methoxy groups -OCH3 is 1. The van der Waals surface area contributed by atoms with E-state index in [1.165, 1.54) is 14.0 Å². The number of carbonyl (C=O) groups is 1. The first-order valence-corrected chi connectivity index (χ1v) is 6.43. The Kier molecular flexibility index (Phi) is 3.75. The fourth-order valence-electron chi connectivity index (χ4n) is 2.30. The van der Waals surface area contributed by atoms with Crippen LogP contribution in [0.3, 0.4) is 0 Å². The maximum absolute atomic E-state index is 12.2. The van der Waals surface area contributed by atoms with Crippen LogP contribution in [0.15, 0.2) is 4.79 Å². The topological polar surface area (TPSA) is 86.3 Å². The monoisotopic (exact) mass is 269 g/mol. The van der Waals surface area contributed by atoms with Gasteiger partial charge in [-0.2, -0.15) is 5.10 Å². The van der Waals surface area contributed by atoms with Gasteiger partial charge in [0, 0.05) is 13.0 Å². The first-order valence-electron chi connectivity index (χ1n) is 6.43. The third-order valence-corrected chi connectivity index (χ3v) is 3.36. The molecule has 2 heterocycles. The van der Waals surface area contributed by atoms with Gasteiger partial charge in [0.25, 0.3) is 0 Å². The minimum atomic E-state index is -1.75. The van der Waals surface area contributed by atoms with Crippen LogP contribution in [0.25, 0.3) is 0 Å². The number of fused-ring (bicyclic) bond motifs is 1. The van der Waals surface area contributed by atoms with E-state index >= 15 is 0 Å². The second kappa shape index (κ2) is 5.16. The van der Waals surface area contributed by atoms with E-state index in [1.54, 1.807) is 4.57 Å². The van der Waals surface area contributed by atoms with Crippen LogP contribution < -0.4 is 5.69 Å². The number of hydrogen-bond donors (Lipinski definition) is 1. The van der Waals surface area contributed by atoms with Crippen LogP contribution in [0.1, 0.15) is 32.0 Å². The average molecular weight is 269 g/mol. The summed E-state index contributed by atoms with van der Waals surface area (Å²) in [5.74, 6) is -0.0502. The van der Waals surface area contributed by atoms with E-state index in [9.17, 15) is 14.7 Å². The van der Waals surface area contributed by atoms with Gasteiger partial charge in [-0.3, -0.25) is 4.57 Å². The smallest absolute Gasteiger partial charge is 0.346 e. The molecule has 1 atom stereocenters. The Hall–Kier alpha value is -1.63. The summed E-state index contributed by atoms with van der Waals surface area (Å²) in [5, 5.41) is 14.2. The highest BCUT2D eigenvalue weighted by Gasteiger charge is 2.33. The molecule has 7 heteroatoms. The molecule has 1 aromatic heterocycles. The van der Waals surface area contributed by atoms with Crippen LogP contribution in [0.2, 0.25) is 0 Å². The van der Waals surface area contributed by atoms with Gasteiger partial charge < -0.3 is 9.84 Å². The van der Waals surface area contributed by atoms with Crippen LogP contribution in [-0.2, 0) is 29.0 Å². The summed E-state index contributed by atoms with van der Waals surface area (Å²) in [6.45, 7) is 1.77. The van der Waals surface area contributed by atoms with Crippen molar-refractivity contribution < 1.29 is 14.6 Å². The summed E-state index contributed by atoms with van der Waals surface area (Å²) < 4.78 is 7.29. The molecule has 0 bridgehead atoms. The van der Waals surface area contributed by atoms with Crippen LogP contribution in [0.5, 0.6) is 0 Å². The zero-order valence-corrected chi connectivity index (χ0v) is 11.3. The van der Waals surface area contributed by atoms with Crippen molar-refractivity contribution in [3.8, 4) is 0 Å². The molecule has 106 valence electrons. The Balaban J connectivity index is 2.27. The summed E-state index contributed by atoms with van der Waals surface area (Å²) in [6.07, 6.45) is 3.79. The Labute approximate surface area is 110 Å². The Morgan fingerprint density at radius 3 is 2.89 bits per heavy atom. The SMILES string of the molecule is COC(=O)C(C)(O)Cn1nc2n(c1=O)CCCCC2. The molecular weight excluding hydrogens is 250 g/mol. The van der Waals surface area contributed by atoms with Gasteiger partial charge in [-0.15, -0.1) is 0 Å². The maximum Gasteiger partial charge on any atom is 0.346 e. The van der Waals surface area contributed by atoms with Crippen molar-refractivity contribution >= 4 is 5.97 Å². The van der Waals surface area contributed by atoms with E-state index in [1.807, 2.05) is 0 Å². The predicted molar refractivity (Wildman–Crippen MR) is 66.7 cm³/mol. The first kappa shape index (κ1) is 13.8. The molecule has 0 aromatic carbocycles. The van der Waals surface area contributed by atoms with Gasteiger partial charge in [-0.1, -0.05) is 6.42 Å². The Morgan fingerprint density at radius 2 is 2.21 bits per heavy atom. The number of nitrogens with zero attached hydrogens (tertiary/aromatic N) is 3. The molecule has 19 heavy (non-hydrogen) atoms. The summed E-state index contributed by atoms with van der Waals surface area (Å²) >= 11 is 0. The van der Waals surface area contributed by atoms with E-state index in [0.29, 0.717) is 6.54 Å². The largest absolute Gasteiger partial charge is 0.467 e. The van der Waals surface area contributed by atoms with Crippen molar-refractivity contribution in [3.05, 3.63) is 16.3 Å². The highest BCUT2D eigenvalue weighted by molar-refractivity contribution is 5.78. The summed E-state index contributed by atoms with van der Waals surface area (Å²) in [7, 11) is 1.20. The lowest BCUT2D eigenvalue weighted by Gasteiger charge is -2.19. The quantitative estimate of drug-likeness (QED) is 0.761. The van der Waals surface area contributed by atoms with Gasteiger partial charge in [0.1, 0.15) is 5.82 Å². The molecule has 1 aliphatic heterocycles. The molecule has 0 spiro atoms. The molecule has 7 nitrogen and oxygen atoms in total. The Morgan fingerprint density at radius 1 is 1.47 bits per heavy atom. The minimum Gasteiger partial charge on any atom is -0.467 e. The summed E-state index contributed by atoms with van der Waals surface area (Å²) in [6, 6.07) is 0. The number of aromatic nitrogens is 3. The zero-order valence-electron chi connectivity index (χ0n) is 11.3. The standard InChI is InChI=1S/C12H19N3O4/c1-12(18,10(16)19-2)8-15-11(17)14-7-5-3-4-6-9(14)13-15/h18H,3-8H2,1-2H3. The zero-order chi connectivity index (χ0) is 14.0. The predicted octanol–water partition coefficient (Wildman–Crippen LogP) is -0.305. The van der Waals surface area contributed by atoms with Crippen LogP contribution in [-0.4, -0.2) is 38.1 Å². The molecule has 0 radical (unpaired) electrons. The maximum atomic E-state index is 12.2. The number of aliphatic hydroxyl groups is 1. The van der Waals surface area contributed by atoms with Crippen LogP contribution in [0, 0.1) is 0 Å². The molecule has 1 unspecified atom stereocenters. The highest BCUT2D eigenvalue weighted by atomic mass is 16.5. The van der Waals surface area contributed by atoms with Crippen molar-refractivity contribution in [2.75, 3.05) is 7.11 Å². The van der Waals surface area contributed by atoms with Gasteiger partial charge in [-0.25, -0.2) is 14.3 Å². The molecule has 0 saturated heterocycles. The lowest BCUT2D eigenvalue weighted by Crippen LogP contribution is -2.43. The van der Waals surface area contributed by atoms with Gasteiger partial charge in [0.15, 0.2) is 5.60 Å². The third kappa shape index (κ3) is 2.70. The van der Waals surface area contributed by atoms with Crippen molar-refractivity contribution in [3.63, 3.8) is 0 Å². The fourth-order valence-corrected chi connectivity index (χ4v) is 2.30. The average Bonchev–Trinajstić information content (AvgIpc) is 2.57.